The monoisotopic (exact) mass is 397 g/mol. The molecule has 1 aliphatic heterocycles. The average Bonchev–Trinajstić information content (AvgIpc) is 3.15. The molecule has 2 aromatic carbocycles. The van der Waals surface area contributed by atoms with Gasteiger partial charge in [-0.2, -0.15) is 0 Å². The SMILES string of the molecule is COc1cc2cc(C(=O)Nc3ccc4c(c3)NC(=O)CO4)[nH]c2c(OC)c1OC. The number of H-pyrrole nitrogens is 1. The smallest absolute Gasteiger partial charge is 0.272 e. The second-order valence-corrected chi connectivity index (χ2v) is 6.29. The minimum atomic E-state index is -0.357. The molecular weight excluding hydrogens is 378 g/mol. The summed E-state index contributed by atoms with van der Waals surface area (Å²) in [5.74, 6) is 1.32. The number of methoxy groups -OCH3 is 3. The Balaban J connectivity index is 1.65. The summed E-state index contributed by atoms with van der Waals surface area (Å²) in [4.78, 5) is 27.3. The summed E-state index contributed by atoms with van der Waals surface area (Å²) in [5.41, 5.74) is 1.96. The highest BCUT2D eigenvalue weighted by Gasteiger charge is 2.21. The molecule has 0 unspecified atom stereocenters. The number of hydrogen-bond acceptors (Lipinski definition) is 6. The van der Waals surface area contributed by atoms with Gasteiger partial charge in [0.25, 0.3) is 11.8 Å². The van der Waals surface area contributed by atoms with Crippen LogP contribution in [-0.4, -0.2) is 44.7 Å². The molecule has 29 heavy (non-hydrogen) atoms. The van der Waals surface area contributed by atoms with E-state index in [0.717, 1.165) is 5.39 Å². The van der Waals surface area contributed by atoms with E-state index in [2.05, 4.69) is 15.6 Å². The quantitative estimate of drug-likeness (QED) is 0.611. The number of hydrogen-bond donors (Lipinski definition) is 3. The van der Waals surface area contributed by atoms with E-state index in [1.165, 1.54) is 21.3 Å². The van der Waals surface area contributed by atoms with Gasteiger partial charge in [0.2, 0.25) is 5.75 Å². The molecule has 0 atom stereocenters. The molecular formula is C20H19N3O6. The number of fused-ring (bicyclic) bond motifs is 2. The Morgan fingerprint density at radius 1 is 1.07 bits per heavy atom. The maximum atomic E-state index is 12.8. The van der Waals surface area contributed by atoms with Gasteiger partial charge >= 0.3 is 0 Å². The molecule has 2 heterocycles. The van der Waals surface area contributed by atoms with Crippen LogP contribution < -0.4 is 29.6 Å². The third-order valence-electron chi connectivity index (χ3n) is 4.53. The summed E-state index contributed by atoms with van der Waals surface area (Å²) >= 11 is 0. The highest BCUT2D eigenvalue weighted by Crippen LogP contribution is 2.43. The lowest BCUT2D eigenvalue weighted by Crippen LogP contribution is -2.25. The van der Waals surface area contributed by atoms with Gasteiger partial charge in [0, 0.05) is 11.1 Å². The minimum absolute atomic E-state index is 0.0253. The van der Waals surface area contributed by atoms with E-state index in [4.69, 9.17) is 18.9 Å². The number of rotatable bonds is 5. The summed E-state index contributed by atoms with van der Waals surface area (Å²) in [6.07, 6.45) is 0. The molecule has 9 nitrogen and oxygen atoms in total. The number of aromatic amines is 1. The molecule has 0 saturated heterocycles. The lowest BCUT2D eigenvalue weighted by Gasteiger charge is -2.18. The molecule has 150 valence electrons. The molecule has 0 fully saturated rings. The molecule has 0 aliphatic carbocycles. The Morgan fingerprint density at radius 2 is 1.86 bits per heavy atom. The Kier molecular flexibility index (Phi) is 4.63. The Labute approximate surface area is 165 Å². The van der Waals surface area contributed by atoms with Gasteiger partial charge in [0.1, 0.15) is 11.4 Å². The van der Waals surface area contributed by atoms with Crippen molar-refractivity contribution < 1.29 is 28.5 Å². The lowest BCUT2D eigenvalue weighted by atomic mass is 10.2. The summed E-state index contributed by atoms with van der Waals surface area (Å²) in [5, 5.41) is 6.24. The molecule has 2 amide bonds. The topological polar surface area (TPSA) is 111 Å². The highest BCUT2D eigenvalue weighted by atomic mass is 16.5. The number of carbonyl (C=O) groups excluding carboxylic acids is 2. The number of amides is 2. The van der Waals surface area contributed by atoms with Gasteiger partial charge in [0.05, 0.1) is 32.5 Å². The van der Waals surface area contributed by atoms with Gasteiger partial charge in [0.15, 0.2) is 18.1 Å². The third kappa shape index (κ3) is 3.27. The number of benzene rings is 2. The normalized spacial score (nSPS) is 12.6. The van der Waals surface area contributed by atoms with Crippen molar-refractivity contribution in [3.8, 4) is 23.0 Å². The Morgan fingerprint density at radius 3 is 2.59 bits per heavy atom. The van der Waals surface area contributed by atoms with Crippen LogP contribution in [0.3, 0.4) is 0 Å². The predicted molar refractivity (Wildman–Crippen MR) is 106 cm³/mol. The fourth-order valence-corrected chi connectivity index (χ4v) is 3.23. The first-order chi connectivity index (χ1) is 14.0. The number of nitrogens with one attached hydrogen (secondary N) is 3. The van der Waals surface area contributed by atoms with E-state index in [1.807, 2.05) is 0 Å². The average molecular weight is 397 g/mol. The number of anilines is 2. The van der Waals surface area contributed by atoms with Crippen LogP contribution in [-0.2, 0) is 4.79 Å². The maximum Gasteiger partial charge on any atom is 0.272 e. The van der Waals surface area contributed by atoms with Gasteiger partial charge in [-0.15, -0.1) is 0 Å². The first kappa shape index (κ1) is 18.5. The number of carbonyl (C=O) groups is 2. The van der Waals surface area contributed by atoms with E-state index in [1.54, 1.807) is 30.3 Å². The van der Waals surface area contributed by atoms with Gasteiger partial charge in [-0.25, -0.2) is 0 Å². The largest absolute Gasteiger partial charge is 0.493 e. The highest BCUT2D eigenvalue weighted by molar-refractivity contribution is 6.07. The maximum absolute atomic E-state index is 12.8. The lowest BCUT2D eigenvalue weighted by molar-refractivity contribution is -0.118. The van der Waals surface area contributed by atoms with Crippen LogP contribution in [0, 0.1) is 0 Å². The number of aromatic nitrogens is 1. The number of ether oxygens (including phenoxy) is 4. The molecule has 3 aromatic rings. The second-order valence-electron chi connectivity index (χ2n) is 6.29. The van der Waals surface area contributed by atoms with Crippen LogP contribution in [0.1, 0.15) is 10.5 Å². The van der Waals surface area contributed by atoms with Crippen molar-refractivity contribution in [2.45, 2.75) is 0 Å². The van der Waals surface area contributed by atoms with Crippen LogP contribution >= 0.6 is 0 Å². The van der Waals surface area contributed by atoms with Crippen LogP contribution in [0.25, 0.3) is 10.9 Å². The van der Waals surface area contributed by atoms with Gasteiger partial charge in [-0.05, 0) is 30.3 Å². The van der Waals surface area contributed by atoms with Gasteiger partial charge < -0.3 is 34.6 Å². The zero-order valence-corrected chi connectivity index (χ0v) is 16.0. The summed E-state index contributed by atoms with van der Waals surface area (Å²) in [6, 6.07) is 8.48. The van der Waals surface area contributed by atoms with E-state index in [-0.39, 0.29) is 18.4 Å². The van der Waals surface area contributed by atoms with E-state index in [9.17, 15) is 9.59 Å². The molecule has 4 rings (SSSR count). The molecule has 0 radical (unpaired) electrons. The fourth-order valence-electron chi connectivity index (χ4n) is 3.23. The van der Waals surface area contributed by atoms with Crippen molar-refractivity contribution in [1.82, 2.24) is 4.98 Å². The van der Waals surface area contributed by atoms with Crippen LogP contribution in [0.2, 0.25) is 0 Å². The first-order valence-electron chi connectivity index (χ1n) is 8.73. The minimum Gasteiger partial charge on any atom is -0.493 e. The van der Waals surface area contributed by atoms with Crippen molar-refractivity contribution >= 4 is 34.1 Å². The van der Waals surface area contributed by atoms with Crippen molar-refractivity contribution in [3.63, 3.8) is 0 Å². The van der Waals surface area contributed by atoms with Crippen molar-refractivity contribution in [3.05, 3.63) is 36.0 Å². The predicted octanol–water partition coefficient (Wildman–Crippen LogP) is 2.78. The van der Waals surface area contributed by atoms with Crippen LogP contribution in [0.15, 0.2) is 30.3 Å². The van der Waals surface area contributed by atoms with Crippen LogP contribution in [0.5, 0.6) is 23.0 Å². The standard InChI is InChI=1S/C20H19N3O6/c1-26-15-7-10-6-13(23-17(10)19(28-3)18(15)27-2)20(25)21-11-4-5-14-12(8-11)22-16(24)9-29-14/h4-8,23H,9H2,1-3H3,(H,21,25)(H,22,24). The summed E-state index contributed by atoms with van der Waals surface area (Å²) < 4.78 is 21.5. The second kappa shape index (κ2) is 7.27. The summed E-state index contributed by atoms with van der Waals surface area (Å²) in [6.45, 7) is -0.0253. The van der Waals surface area contributed by atoms with Crippen LogP contribution in [0.4, 0.5) is 11.4 Å². The third-order valence-corrected chi connectivity index (χ3v) is 4.53. The summed E-state index contributed by atoms with van der Waals surface area (Å²) in [7, 11) is 4.56. The Hall–Kier alpha value is -3.88. The first-order valence-corrected chi connectivity index (χ1v) is 8.73. The van der Waals surface area contributed by atoms with Gasteiger partial charge in [-0.1, -0.05) is 0 Å². The molecule has 9 heteroatoms. The zero-order valence-electron chi connectivity index (χ0n) is 16.0. The van der Waals surface area contributed by atoms with Crippen molar-refractivity contribution in [2.75, 3.05) is 38.6 Å². The van der Waals surface area contributed by atoms with Gasteiger partial charge in [-0.3, -0.25) is 9.59 Å². The van der Waals surface area contributed by atoms with Crippen molar-refractivity contribution in [1.29, 1.82) is 0 Å². The van der Waals surface area contributed by atoms with E-state index >= 15 is 0 Å². The van der Waals surface area contributed by atoms with E-state index < -0.39 is 0 Å². The fraction of sp³-hybridized carbons (Fsp3) is 0.200. The molecule has 3 N–H and O–H groups in total. The van der Waals surface area contributed by atoms with E-state index in [0.29, 0.717) is 45.6 Å². The molecule has 0 bridgehead atoms. The Bertz CT molecular complexity index is 1120. The van der Waals surface area contributed by atoms with Crippen molar-refractivity contribution in [2.24, 2.45) is 0 Å². The molecule has 1 aromatic heterocycles. The molecule has 0 saturated carbocycles. The molecule has 0 spiro atoms. The molecule has 1 aliphatic rings. The zero-order chi connectivity index (χ0) is 20.5.